The molecule has 0 saturated carbocycles. The summed E-state index contributed by atoms with van der Waals surface area (Å²) in [6.07, 6.45) is 6.93. The van der Waals surface area contributed by atoms with Gasteiger partial charge in [-0.05, 0) is 54.7 Å². The molecule has 8 heteroatoms. The topological polar surface area (TPSA) is 58.6 Å². The van der Waals surface area contributed by atoms with Crippen LogP contribution in [0.3, 0.4) is 0 Å². The fraction of sp³-hybridized carbons (Fsp3) is 0.417. The fourth-order valence-corrected chi connectivity index (χ4v) is 4.70. The van der Waals surface area contributed by atoms with Crippen LogP contribution >= 0.6 is 33.2 Å². The SMILES string of the molecule is CS(C)(C)CCOCN(C(=O)C1CNC(=O)C[C@H]1c1cccc(Cl)c1)c1cccc(Cl)c1. The minimum absolute atomic E-state index is 0.0715. The quantitative estimate of drug-likeness (QED) is 0.416. The molecule has 1 heterocycles. The van der Waals surface area contributed by atoms with Crippen LogP contribution in [0, 0.1) is 5.92 Å². The van der Waals surface area contributed by atoms with Crippen molar-refractivity contribution in [2.45, 2.75) is 12.3 Å². The molecule has 1 aliphatic rings. The zero-order valence-electron chi connectivity index (χ0n) is 18.6. The molecule has 0 bridgehead atoms. The Balaban J connectivity index is 1.86. The van der Waals surface area contributed by atoms with Gasteiger partial charge in [0.15, 0.2) is 0 Å². The Morgan fingerprint density at radius 1 is 1.12 bits per heavy atom. The van der Waals surface area contributed by atoms with Crippen molar-refractivity contribution in [2.75, 3.05) is 49.3 Å². The Labute approximate surface area is 201 Å². The number of rotatable bonds is 8. The van der Waals surface area contributed by atoms with Crippen LogP contribution in [0.1, 0.15) is 17.9 Å². The number of ether oxygens (including phenoxy) is 1. The summed E-state index contributed by atoms with van der Waals surface area (Å²) in [5.74, 6) is 0.0607. The lowest BCUT2D eigenvalue weighted by Crippen LogP contribution is -2.49. The highest BCUT2D eigenvalue weighted by atomic mass is 35.5. The third kappa shape index (κ3) is 6.88. The monoisotopic (exact) mass is 496 g/mol. The Morgan fingerprint density at radius 3 is 2.47 bits per heavy atom. The highest BCUT2D eigenvalue weighted by Gasteiger charge is 2.38. The summed E-state index contributed by atoms with van der Waals surface area (Å²) in [5.41, 5.74) is 1.56. The Hall–Kier alpha value is -1.73. The maximum Gasteiger partial charge on any atom is 0.234 e. The molecule has 0 aliphatic carbocycles. The van der Waals surface area contributed by atoms with Crippen LogP contribution in [0.2, 0.25) is 10.0 Å². The maximum absolute atomic E-state index is 13.8. The summed E-state index contributed by atoms with van der Waals surface area (Å²) in [4.78, 5) is 27.6. The van der Waals surface area contributed by atoms with Gasteiger partial charge in [-0.1, -0.05) is 41.4 Å². The molecule has 3 rings (SSSR count). The molecule has 0 spiro atoms. The van der Waals surface area contributed by atoms with Crippen LogP contribution in [0.5, 0.6) is 0 Å². The van der Waals surface area contributed by atoms with Crippen molar-refractivity contribution >= 4 is 50.7 Å². The third-order valence-electron chi connectivity index (χ3n) is 5.45. The van der Waals surface area contributed by atoms with E-state index in [9.17, 15) is 9.59 Å². The van der Waals surface area contributed by atoms with Crippen LogP contribution in [0.25, 0.3) is 0 Å². The van der Waals surface area contributed by atoms with Crippen molar-refractivity contribution in [3.05, 3.63) is 64.1 Å². The molecule has 1 N–H and O–H groups in total. The first-order chi connectivity index (χ1) is 15.1. The summed E-state index contributed by atoms with van der Waals surface area (Å²) >= 11 is 12.4. The van der Waals surface area contributed by atoms with E-state index < -0.39 is 15.9 Å². The zero-order valence-corrected chi connectivity index (χ0v) is 21.0. The first kappa shape index (κ1) is 24.9. The van der Waals surface area contributed by atoms with Gasteiger partial charge in [-0.2, -0.15) is 0 Å². The van der Waals surface area contributed by atoms with Gasteiger partial charge in [0.2, 0.25) is 11.8 Å². The van der Waals surface area contributed by atoms with Crippen molar-refractivity contribution in [3.8, 4) is 0 Å². The number of carbonyl (C=O) groups is 2. The lowest BCUT2D eigenvalue weighted by molar-refractivity contribution is -0.129. The number of amides is 2. The molecule has 2 aromatic carbocycles. The van der Waals surface area contributed by atoms with Crippen molar-refractivity contribution < 1.29 is 14.3 Å². The second-order valence-corrected chi connectivity index (χ2v) is 14.3. The predicted molar refractivity (Wildman–Crippen MR) is 135 cm³/mol. The number of carbonyl (C=O) groups excluding carboxylic acids is 2. The molecule has 1 fully saturated rings. The van der Waals surface area contributed by atoms with Gasteiger partial charge in [0, 0.05) is 40.4 Å². The summed E-state index contributed by atoms with van der Waals surface area (Å²) in [5, 5.41) is 3.98. The average Bonchev–Trinajstić information content (AvgIpc) is 2.72. The van der Waals surface area contributed by atoms with Crippen molar-refractivity contribution in [3.63, 3.8) is 0 Å². The van der Waals surface area contributed by atoms with E-state index >= 15 is 0 Å². The van der Waals surface area contributed by atoms with E-state index in [0.717, 1.165) is 11.3 Å². The molecular formula is C24H30Cl2N2O3S. The molecule has 2 amide bonds. The van der Waals surface area contributed by atoms with Gasteiger partial charge in [0.25, 0.3) is 0 Å². The summed E-state index contributed by atoms with van der Waals surface area (Å²) in [6.45, 7) is 0.960. The molecule has 32 heavy (non-hydrogen) atoms. The number of nitrogens with one attached hydrogen (secondary N) is 1. The van der Waals surface area contributed by atoms with Crippen molar-refractivity contribution in [1.29, 1.82) is 0 Å². The van der Waals surface area contributed by atoms with E-state index in [4.69, 9.17) is 27.9 Å². The molecule has 1 saturated heterocycles. The standard InChI is InChI=1S/C24H30Cl2N2O3S/c1-32(2,3)11-10-31-16-28(20-9-5-8-19(26)13-20)24(30)22-15-27-23(29)14-21(22)17-6-4-7-18(25)12-17/h4-9,12-13,21-22H,10-11,14-16H2,1-3H3,(H,27,29)/t21-,22?/m0/s1. The third-order valence-corrected chi connectivity index (χ3v) is 7.31. The van der Waals surface area contributed by atoms with Gasteiger partial charge >= 0.3 is 0 Å². The summed E-state index contributed by atoms with van der Waals surface area (Å²) in [7, 11) is -0.699. The first-order valence-corrected chi connectivity index (χ1v) is 14.3. The molecule has 174 valence electrons. The molecule has 1 unspecified atom stereocenters. The van der Waals surface area contributed by atoms with Gasteiger partial charge in [0.1, 0.15) is 6.73 Å². The first-order valence-electron chi connectivity index (χ1n) is 10.5. The highest BCUT2D eigenvalue weighted by molar-refractivity contribution is 8.32. The van der Waals surface area contributed by atoms with Crippen LogP contribution in [-0.4, -0.2) is 56.2 Å². The maximum atomic E-state index is 13.8. The number of halogens is 2. The second kappa shape index (κ2) is 10.9. The van der Waals surface area contributed by atoms with Gasteiger partial charge < -0.3 is 10.1 Å². The molecule has 1 aliphatic heterocycles. The largest absolute Gasteiger partial charge is 0.360 e. The minimum atomic E-state index is -0.699. The number of benzene rings is 2. The second-order valence-electron chi connectivity index (χ2n) is 8.85. The van der Waals surface area contributed by atoms with E-state index in [1.54, 1.807) is 23.1 Å². The van der Waals surface area contributed by atoms with Gasteiger partial charge in [-0.3, -0.25) is 14.5 Å². The number of piperidine rings is 1. The Morgan fingerprint density at radius 2 is 1.81 bits per heavy atom. The lowest BCUT2D eigenvalue weighted by atomic mass is 9.80. The van der Waals surface area contributed by atoms with Crippen LogP contribution in [0.4, 0.5) is 5.69 Å². The minimum Gasteiger partial charge on any atom is -0.360 e. The lowest BCUT2D eigenvalue weighted by Gasteiger charge is -2.35. The number of anilines is 1. The van der Waals surface area contributed by atoms with Gasteiger partial charge in [-0.25, -0.2) is 10.0 Å². The fourth-order valence-electron chi connectivity index (χ4n) is 3.70. The zero-order chi connectivity index (χ0) is 23.3. The Bertz CT molecular complexity index is 964. The number of hydrogen-bond donors (Lipinski definition) is 1. The van der Waals surface area contributed by atoms with E-state index in [0.29, 0.717) is 22.3 Å². The van der Waals surface area contributed by atoms with Crippen LogP contribution < -0.4 is 10.2 Å². The summed E-state index contributed by atoms with van der Waals surface area (Å²) < 4.78 is 5.93. The van der Waals surface area contributed by atoms with Crippen LogP contribution in [0.15, 0.2) is 48.5 Å². The molecular weight excluding hydrogens is 467 g/mol. The van der Waals surface area contributed by atoms with Crippen LogP contribution in [-0.2, 0) is 14.3 Å². The molecule has 5 nitrogen and oxygen atoms in total. The van der Waals surface area contributed by atoms with Gasteiger partial charge in [-0.15, -0.1) is 0 Å². The summed E-state index contributed by atoms with van der Waals surface area (Å²) in [6, 6.07) is 14.6. The van der Waals surface area contributed by atoms with E-state index in [2.05, 4.69) is 24.1 Å². The predicted octanol–water partition coefficient (Wildman–Crippen LogP) is 4.91. The molecule has 0 radical (unpaired) electrons. The van der Waals surface area contributed by atoms with E-state index in [-0.39, 0.29) is 37.4 Å². The van der Waals surface area contributed by atoms with Gasteiger partial charge in [0.05, 0.1) is 12.5 Å². The average molecular weight is 497 g/mol. The van der Waals surface area contributed by atoms with Crippen molar-refractivity contribution in [2.24, 2.45) is 5.92 Å². The molecule has 2 aromatic rings. The van der Waals surface area contributed by atoms with E-state index in [1.807, 2.05) is 30.3 Å². The van der Waals surface area contributed by atoms with E-state index in [1.165, 1.54) is 0 Å². The smallest absolute Gasteiger partial charge is 0.234 e. The number of hydrogen-bond acceptors (Lipinski definition) is 3. The normalized spacial score (nSPS) is 19.3. The molecule has 0 aromatic heterocycles. The van der Waals surface area contributed by atoms with Crippen molar-refractivity contribution in [1.82, 2.24) is 5.32 Å². The highest BCUT2D eigenvalue weighted by Crippen LogP contribution is 2.35. The molecule has 2 atom stereocenters. The Kier molecular flexibility index (Phi) is 8.50. The number of nitrogens with zero attached hydrogens (tertiary/aromatic N) is 1.